The second-order valence-corrected chi connectivity index (χ2v) is 8.93. The van der Waals surface area contributed by atoms with Gasteiger partial charge in [-0.2, -0.15) is 0 Å². The van der Waals surface area contributed by atoms with E-state index in [1.165, 1.54) is 23.8 Å². The van der Waals surface area contributed by atoms with E-state index in [0.717, 1.165) is 18.5 Å². The smallest absolute Gasteiger partial charge is 0.328 e. The minimum Gasteiger partial charge on any atom is -0.335 e. The molecule has 1 saturated carbocycles. The molecule has 1 aliphatic carbocycles. The van der Waals surface area contributed by atoms with Gasteiger partial charge in [-0.05, 0) is 67.1 Å². The molecular formula is C23H33BrN4O3. The average Bonchev–Trinajstić information content (AvgIpc) is 2.75. The van der Waals surface area contributed by atoms with Crippen molar-refractivity contribution in [1.29, 1.82) is 0 Å². The van der Waals surface area contributed by atoms with Gasteiger partial charge in [-0.3, -0.25) is 9.36 Å². The Bertz CT molecular complexity index is 971. The highest BCUT2D eigenvalue weighted by atomic mass is 79.9. The van der Waals surface area contributed by atoms with Gasteiger partial charge >= 0.3 is 11.7 Å². The number of rotatable bonds is 4. The quantitative estimate of drug-likeness (QED) is 0.562. The molecule has 3 atom stereocenters. The van der Waals surface area contributed by atoms with Crippen LogP contribution in [0.25, 0.3) is 0 Å². The van der Waals surface area contributed by atoms with Gasteiger partial charge in [-0.15, -0.1) is 0 Å². The highest BCUT2D eigenvalue weighted by molar-refractivity contribution is 9.10. The number of amides is 2. The largest absolute Gasteiger partial charge is 0.335 e. The van der Waals surface area contributed by atoms with Crippen molar-refractivity contribution in [1.82, 2.24) is 14.9 Å². The lowest BCUT2D eigenvalue weighted by Gasteiger charge is -2.29. The molecule has 170 valence electrons. The first-order chi connectivity index (χ1) is 14.7. The maximum Gasteiger partial charge on any atom is 0.328 e. The highest BCUT2D eigenvalue weighted by Crippen LogP contribution is 2.23. The molecule has 1 heterocycles. The Morgan fingerprint density at radius 1 is 1.23 bits per heavy atom. The van der Waals surface area contributed by atoms with E-state index in [0.29, 0.717) is 22.1 Å². The van der Waals surface area contributed by atoms with Crippen molar-refractivity contribution in [3.05, 3.63) is 61.3 Å². The molecule has 0 bridgehead atoms. The third-order valence-corrected chi connectivity index (χ3v) is 6.67. The molecule has 1 aromatic heterocycles. The lowest BCUT2D eigenvalue weighted by molar-refractivity contribution is 0.232. The van der Waals surface area contributed by atoms with Crippen LogP contribution < -0.4 is 21.9 Å². The Labute approximate surface area is 191 Å². The van der Waals surface area contributed by atoms with Gasteiger partial charge in [-0.1, -0.05) is 44.9 Å². The first kappa shape index (κ1) is 24.9. The van der Waals surface area contributed by atoms with Crippen molar-refractivity contribution in [3.63, 3.8) is 0 Å². The van der Waals surface area contributed by atoms with E-state index < -0.39 is 0 Å². The fraction of sp³-hybridized carbons (Fsp3) is 0.522. The first-order valence-electron chi connectivity index (χ1n) is 10.9. The Morgan fingerprint density at radius 2 is 1.87 bits per heavy atom. The summed E-state index contributed by atoms with van der Waals surface area (Å²) in [5.41, 5.74) is 0.804. The van der Waals surface area contributed by atoms with Gasteiger partial charge in [-0.25, -0.2) is 9.59 Å². The number of carbonyl (C=O) groups is 1. The van der Waals surface area contributed by atoms with Crippen LogP contribution in [0.3, 0.4) is 0 Å². The summed E-state index contributed by atoms with van der Waals surface area (Å²) in [5, 5.41) is 5.93. The molecule has 7 nitrogen and oxygen atoms in total. The van der Waals surface area contributed by atoms with Gasteiger partial charge in [0.05, 0.1) is 0 Å². The Balaban J connectivity index is 0.000000225. The second-order valence-electron chi connectivity index (χ2n) is 8.13. The predicted octanol–water partition coefficient (Wildman–Crippen LogP) is 4.97. The Hall–Kier alpha value is -2.35. The lowest BCUT2D eigenvalue weighted by atomic mass is 9.86. The number of aromatic amines is 1. The summed E-state index contributed by atoms with van der Waals surface area (Å²) in [5.74, 6) is 0.588. The SMILES string of the molecule is CC1CCCCC1NC(=O)Nc1ccccc1.CCC(C)n1c(=O)[nH]c(C)c(Br)c1=O. The van der Waals surface area contributed by atoms with Gasteiger partial charge in [0, 0.05) is 23.5 Å². The summed E-state index contributed by atoms with van der Waals surface area (Å²) in [6.45, 7) is 7.68. The van der Waals surface area contributed by atoms with Crippen molar-refractivity contribution in [2.24, 2.45) is 5.92 Å². The third-order valence-electron chi connectivity index (χ3n) is 5.74. The van der Waals surface area contributed by atoms with Gasteiger partial charge in [0.15, 0.2) is 0 Å². The fourth-order valence-electron chi connectivity index (χ4n) is 3.60. The number of urea groups is 1. The maximum absolute atomic E-state index is 11.8. The molecule has 0 saturated heterocycles. The van der Waals surface area contributed by atoms with Crippen LogP contribution in [0.1, 0.15) is 64.6 Å². The van der Waals surface area contributed by atoms with Gasteiger partial charge in [0.25, 0.3) is 5.56 Å². The number of benzene rings is 1. The van der Waals surface area contributed by atoms with Crippen molar-refractivity contribution in [2.45, 2.75) is 71.9 Å². The molecule has 8 heteroatoms. The number of nitrogens with one attached hydrogen (secondary N) is 3. The lowest BCUT2D eigenvalue weighted by Crippen LogP contribution is -2.43. The number of aromatic nitrogens is 2. The monoisotopic (exact) mass is 492 g/mol. The molecule has 3 rings (SSSR count). The van der Waals surface area contributed by atoms with Crippen LogP contribution >= 0.6 is 15.9 Å². The second kappa shape index (κ2) is 11.9. The molecule has 1 fully saturated rings. The van der Waals surface area contributed by atoms with E-state index in [1.54, 1.807) is 6.92 Å². The van der Waals surface area contributed by atoms with E-state index in [-0.39, 0.29) is 23.3 Å². The van der Waals surface area contributed by atoms with Crippen molar-refractivity contribution in [2.75, 3.05) is 5.32 Å². The van der Waals surface area contributed by atoms with Crippen molar-refractivity contribution in [3.8, 4) is 0 Å². The summed E-state index contributed by atoms with van der Waals surface area (Å²) in [7, 11) is 0. The summed E-state index contributed by atoms with van der Waals surface area (Å²) in [6, 6.07) is 9.71. The topological polar surface area (TPSA) is 96.0 Å². The number of para-hydroxylation sites is 1. The zero-order chi connectivity index (χ0) is 23.0. The summed E-state index contributed by atoms with van der Waals surface area (Å²) in [4.78, 5) is 37.6. The van der Waals surface area contributed by atoms with E-state index in [9.17, 15) is 14.4 Å². The molecule has 31 heavy (non-hydrogen) atoms. The van der Waals surface area contributed by atoms with Crippen molar-refractivity contribution < 1.29 is 4.79 Å². The highest BCUT2D eigenvalue weighted by Gasteiger charge is 2.22. The number of anilines is 1. The number of hydrogen-bond acceptors (Lipinski definition) is 3. The number of hydrogen-bond donors (Lipinski definition) is 3. The standard InChI is InChI=1S/C14H20N2O.C9H13BrN2O2/c1-11-7-5-6-10-13(11)16-14(17)15-12-8-3-2-4-9-12;1-4-5(2)12-8(13)7(10)6(3)11-9(12)14/h2-4,8-9,11,13H,5-7,10H2,1H3,(H2,15,16,17);5H,4H2,1-3H3,(H,11,14). The third kappa shape index (κ3) is 7.09. The molecule has 0 radical (unpaired) electrons. The molecular weight excluding hydrogens is 460 g/mol. The number of nitrogens with zero attached hydrogens (tertiary/aromatic N) is 1. The van der Waals surface area contributed by atoms with Crippen LogP contribution in [0.2, 0.25) is 0 Å². The minimum atomic E-state index is -0.343. The number of carbonyl (C=O) groups excluding carboxylic acids is 1. The molecule has 0 spiro atoms. The number of aryl methyl sites for hydroxylation is 1. The predicted molar refractivity (Wildman–Crippen MR) is 129 cm³/mol. The average molecular weight is 493 g/mol. The summed E-state index contributed by atoms with van der Waals surface area (Å²) in [6.07, 6.45) is 5.58. The van der Waals surface area contributed by atoms with Crippen LogP contribution in [-0.2, 0) is 0 Å². The fourth-order valence-corrected chi connectivity index (χ4v) is 3.89. The van der Waals surface area contributed by atoms with Crippen LogP contribution in [0.5, 0.6) is 0 Å². The molecule has 3 N–H and O–H groups in total. The molecule has 0 aliphatic heterocycles. The van der Waals surface area contributed by atoms with Crippen LogP contribution in [0.4, 0.5) is 10.5 Å². The van der Waals surface area contributed by atoms with Crippen LogP contribution in [-0.4, -0.2) is 21.6 Å². The summed E-state index contributed by atoms with van der Waals surface area (Å²) < 4.78 is 1.66. The molecule has 1 aromatic carbocycles. The Kier molecular flexibility index (Phi) is 9.55. The first-order valence-corrected chi connectivity index (χ1v) is 11.7. The zero-order valence-electron chi connectivity index (χ0n) is 18.7. The normalized spacial score (nSPS) is 19.0. The van der Waals surface area contributed by atoms with Gasteiger partial charge < -0.3 is 15.6 Å². The van der Waals surface area contributed by atoms with E-state index >= 15 is 0 Å². The van der Waals surface area contributed by atoms with Crippen molar-refractivity contribution >= 4 is 27.6 Å². The molecule has 2 aromatic rings. The molecule has 1 aliphatic rings. The molecule has 3 unspecified atom stereocenters. The minimum absolute atomic E-state index is 0.0804. The van der Waals surface area contributed by atoms with Gasteiger partial charge in [0.2, 0.25) is 0 Å². The molecule has 2 amide bonds. The van der Waals surface area contributed by atoms with Crippen LogP contribution in [0, 0.1) is 12.8 Å². The van der Waals surface area contributed by atoms with E-state index in [1.807, 2.05) is 44.2 Å². The number of halogens is 1. The van der Waals surface area contributed by atoms with Gasteiger partial charge in [0.1, 0.15) is 4.47 Å². The number of H-pyrrole nitrogens is 1. The summed E-state index contributed by atoms with van der Waals surface area (Å²) >= 11 is 3.16. The Morgan fingerprint density at radius 3 is 2.48 bits per heavy atom. The maximum atomic E-state index is 11.8. The zero-order valence-corrected chi connectivity index (χ0v) is 20.3. The van der Waals surface area contributed by atoms with E-state index in [4.69, 9.17) is 0 Å². The van der Waals surface area contributed by atoms with E-state index in [2.05, 4.69) is 38.5 Å². The van der Waals surface area contributed by atoms with Crippen LogP contribution in [0.15, 0.2) is 44.4 Å².